The molecule has 0 unspecified atom stereocenters. The first kappa shape index (κ1) is 21.1. The number of carbonyl (C=O) groups excluding carboxylic acids is 1. The molecule has 0 saturated carbocycles. The van der Waals surface area contributed by atoms with E-state index < -0.39 is 0 Å². The van der Waals surface area contributed by atoms with E-state index in [4.69, 9.17) is 4.74 Å². The third kappa shape index (κ3) is 4.51. The van der Waals surface area contributed by atoms with Gasteiger partial charge in [0, 0.05) is 19.3 Å². The molecule has 1 aromatic heterocycles. The van der Waals surface area contributed by atoms with Crippen molar-refractivity contribution < 1.29 is 9.53 Å². The third-order valence-electron chi connectivity index (χ3n) is 4.96. The van der Waals surface area contributed by atoms with Crippen LogP contribution in [0.2, 0.25) is 0 Å². The average molecular weight is 402 g/mol. The zero-order valence-corrected chi connectivity index (χ0v) is 17.5. The molecule has 5 heteroatoms. The van der Waals surface area contributed by atoms with Crippen LogP contribution >= 0.6 is 0 Å². The van der Waals surface area contributed by atoms with Crippen LogP contribution in [0.4, 0.5) is 0 Å². The molecule has 1 heterocycles. The summed E-state index contributed by atoms with van der Waals surface area (Å²) in [6.45, 7) is 4.62. The van der Waals surface area contributed by atoms with Crippen molar-refractivity contribution in [3.05, 3.63) is 100.0 Å². The highest BCUT2D eigenvalue weighted by atomic mass is 16.5. The van der Waals surface area contributed by atoms with Crippen molar-refractivity contribution in [1.82, 2.24) is 9.47 Å². The Morgan fingerprint density at radius 3 is 2.47 bits per heavy atom. The van der Waals surface area contributed by atoms with E-state index in [0.29, 0.717) is 30.1 Å². The molecular weight excluding hydrogens is 376 g/mol. The van der Waals surface area contributed by atoms with E-state index in [0.717, 1.165) is 5.56 Å². The van der Waals surface area contributed by atoms with Crippen LogP contribution in [0.25, 0.3) is 11.8 Å². The Morgan fingerprint density at radius 2 is 1.77 bits per heavy atom. The van der Waals surface area contributed by atoms with Gasteiger partial charge in [0.25, 0.3) is 11.5 Å². The number of benzene rings is 2. The number of methoxy groups -OCH3 is 1. The highest BCUT2D eigenvalue weighted by Gasteiger charge is 2.21. The molecule has 3 rings (SSSR count). The minimum atomic E-state index is -0.352. The van der Waals surface area contributed by atoms with Gasteiger partial charge in [-0.15, -0.1) is 0 Å². The lowest BCUT2D eigenvalue weighted by atomic mass is 10.1. The van der Waals surface area contributed by atoms with E-state index in [1.54, 1.807) is 43.3 Å². The predicted molar refractivity (Wildman–Crippen MR) is 120 cm³/mol. The number of rotatable bonds is 7. The Bertz CT molecular complexity index is 1100. The topological polar surface area (TPSA) is 51.5 Å². The number of aryl methyl sites for hydroxylation is 1. The van der Waals surface area contributed by atoms with Crippen LogP contribution in [-0.2, 0) is 0 Å². The molecule has 5 nitrogen and oxygen atoms in total. The normalized spacial score (nSPS) is 10.9. The molecule has 0 fully saturated rings. The number of hydrogen-bond acceptors (Lipinski definition) is 3. The van der Waals surface area contributed by atoms with Crippen molar-refractivity contribution in [2.24, 2.45) is 0 Å². The molecule has 0 aliphatic rings. The van der Waals surface area contributed by atoms with Gasteiger partial charge in [-0.3, -0.25) is 14.2 Å². The first-order valence-electron chi connectivity index (χ1n) is 9.93. The molecule has 1 amide bonds. The first-order chi connectivity index (χ1) is 14.6. The Morgan fingerprint density at radius 1 is 1.07 bits per heavy atom. The number of ether oxygens (including phenoxy) is 1. The van der Waals surface area contributed by atoms with Crippen molar-refractivity contribution in [2.45, 2.75) is 13.8 Å². The molecule has 0 aliphatic carbocycles. The smallest absolute Gasteiger partial charge is 0.268 e. The maximum absolute atomic E-state index is 13.3. The summed E-state index contributed by atoms with van der Waals surface area (Å²) in [5.74, 6) is 0.293. The van der Waals surface area contributed by atoms with Crippen molar-refractivity contribution in [1.29, 1.82) is 0 Å². The Labute approximate surface area is 176 Å². The number of amides is 1. The summed E-state index contributed by atoms with van der Waals surface area (Å²) in [6, 6.07) is 18.9. The standard InChI is InChI=1S/C25H26N2O3/c1-4-26(17-10-13-20-11-6-5-7-12-20)24(28)23-19(2)16-18-27(25(23)29)21-14-8-9-15-22(21)30-3/h5-16,18H,4,17H2,1-3H3/b13-10+. The lowest BCUT2D eigenvalue weighted by molar-refractivity contribution is 0.0779. The Balaban J connectivity index is 1.92. The van der Waals surface area contributed by atoms with Gasteiger partial charge in [-0.05, 0) is 43.2 Å². The fourth-order valence-electron chi connectivity index (χ4n) is 3.30. The van der Waals surface area contributed by atoms with Crippen LogP contribution in [0.1, 0.15) is 28.4 Å². The summed E-state index contributed by atoms with van der Waals surface area (Å²) in [5, 5.41) is 0. The van der Waals surface area contributed by atoms with Crippen molar-refractivity contribution in [3.8, 4) is 11.4 Å². The van der Waals surface area contributed by atoms with Gasteiger partial charge in [-0.2, -0.15) is 0 Å². The van der Waals surface area contributed by atoms with Gasteiger partial charge in [-0.1, -0.05) is 54.6 Å². The summed E-state index contributed by atoms with van der Waals surface area (Å²) in [7, 11) is 1.56. The van der Waals surface area contributed by atoms with Crippen molar-refractivity contribution in [3.63, 3.8) is 0 Å². The largest absolute Gasteiger partial charge is 0.495 e. The second kappa shape index (κ2) is 9.74. The van der Waals surface area contributed by atoms with E-state index in [1.165, 1.54) is 4.57 Å². The van der Waals surface area contributed by atoms with Crippen LogP contribution in [0.15, 0.2) is 77.7 Å². The molecule has 30 heavy (non-hydrogen) atoms. The highest BCUT2D eigenvalue weighted by Crippen LogP contribution is 2.21. The van der Waals surface area contributed by atoms with Gasteiger partial charge in [0.1, 0.15) is 11.3 Å². The number of pyridine rings is 1. The molecule has 2 aromatic carbocycles. The minimum absolute atomic E-state index is 0.179. The molecular formula is C25H26N2O3. The number of nitrogens with zero attached hydrogens (tertiary/aromatic N) is 2. The predicted octanol–water partition coefficient (Wildman–Crippen LogP) is 4.33. The monoisotopic (exact) mass is 402 g/mol. The quantitative estimate of drug-likeness (QED) is 0.591. The van der Waals surface area contributed by atoms with Crippen LogP contribution in [0, 0.1) is 6.92 Å². The molecule has 0 aliphatic heterocycles. The van der Waals surface area contributed by atoms with Gasteiger partial charge in [0.2, 0.25) is 0 Å². The third-order valence-corrected chi connectivity index (χ3v) is 4.96. The minimum Gasteiger partial charge on any atom is -0.495 e. The molecule has 0 saturated heterocycles. The summed E-state index contributed by atoms with van der Waals surface area (Å²) in [4.78, 5) is 28.2. The molecule has 0 atom stereocenters. The second-order valence-electron chi connectivity index (χ2n) is 6.88. The van der Waals surface area contributed by atoms with Gasteiger partial charge >= 0.3 is 0 Å². The second-order valence-corrected chi connectivity index (χ2v) is 6.88. The molecule has 3 aromatic rings. The lowest BCUT2D eigenvalue weighted by Crippen LogP contribution is -2.37. The Kier molecular flexibility index (Phi) is 6.86. The van der Waals surface area contributed by atoms with Gasteiger partial charge in [0.05, 0.1) is 12.8 Å². The molecule has 0 spiro atoms. The summed E-state index contributed by atoms with van der Waals surface area (Å²) >= 11 is 0. The lowest BCUT2D eigenvalue weighted by Gasteiger charge is -2.21. The summed E-state index contributed by atoms with van der Waals surface area (Å²) < 4.78 is 6.85. The van der Waals surface area contributed by atoms with E-state index >= 15 is 0 Å². The average Bonchev–Trinajstić information content (AvgIpc) is 2.77. The van der Waals surface area contributed by atoms with Crippen LogP contribution in [0.5, 0.6) is 5.75 Å². The van der Waals surface area contributed by atoms with Crippen LogP contribution in [-0.4, -0.2) is 35.6 Å². The van der Waals surface area contributed by atoms with E-state index in [1.807, 2.05) is 61.5 Å². The van der Waals surface area contributed by atoms with Gasteiger partial charge in [0.15, 0.2) is 0 Å². The number of aromatic nitrogens is 1. The fourth-order valence-corrected chi connectivity index (χ4v) is 3.30. The molecule has 0 N–H and O–H groups in total. The maximum atomic E-state index is 13.3. The van der Waals surface area contributed by atoms with Gasteiger partial charge in [-0.25, -0.2) is 0 Å². The SMILES string of the molecule is CCN(C/C=C/c1ccccc1)C(=O)c1c(C)ccn(-c2ccccc2OC)c1=O. The number of para-hydroxylation sites is 2. The zero-order chi connectivity index (χ0) is 21.5. The van der Waals surface area contributed by atoms with Crippen molar-refractivity contribution >= 4 is 12.0 Å². The number of carbonyl (C=O) groups is 1. The molecule has 0 bridgehead atoms. The number of hydrogen-bond donors (Lipinski definition) is 0. The van der Waals surface area contributed by atoms with E-state index in [9.17, 15) is 9.59 Å². The van der Waals surface area contributed by atoms with E-state index in [2.05, 4.69) is 0 Å². The van der Waals surface area contributed by atoms with Gasteiger partial charge < -0.3 is 9.64 Å². The maximum Gasteiger partial charge on any atom is 0.268 e. The fraction of sp³-hybridized carbons (Fsp3) is 0.200. The van der Waals surface area contributed by atoms with Crippen LogP contribution in [0.3, 0.4) is 0 Å². The number of likely N-dealkylation sites (N-methyl/N-ethyl adjacent to an activating group) is 1. The molecule has 154 valence electrons. The van der Waals surface area contributed by atoms with Crippen molar-refractivity contribution in [2.75, 3.05) is 20.2 Å². The van der Waals surface area contributed by atoms with Crippen LogP contribution < -0.4 is 10.3 Å². The first-order valence-corrected chi connectivity index (χ1v) is 9.93. The van der Waals surface area contributed by atoms with E-state index in [-0.39, 0.29) is 17.0 Å². The molecule has 0 radical (unpaired) electrons. The summed E-state index contributed by atoms with van der Waals surface area (Å²) in [6.07, 6.45) is 5.59. The zero-order valence-electron chi connectivity index (χ0n) is 17.5. The Hall–Kier alpha value is -3.60. The highest BCUT2D eigenvalue weighted by molar-refractivity contribution is 5.95. The summed E-state index contributed by atoms with van der Waals surface area (Å²) in [5.41, 5.74) is 2.15.